The van der Waals surface area contributed by atoms with Crippen molar-refractivity contribution in [1.29, 1.82) is 0 Å². The van der Waals surface area contributed by atoms with Crippen molar-refractivity contribution in [2.75, 3.05) is 13.1 Å². The van der Waals surface area contributed by atoms with Crippen LogP contribution < -0.4 is 0 Å². The first-order chi connectivity index (χ1) is 8.97. The standard InChI is InChI=1S/C12H18N4O3/c1-7(2)10-13-11(15-14-10)12(19)16-4-3-8(6-16)5-9(17)18/h7-8H,3-6H2,1-2H3,(H,17,18)(H,13,14,15). The smallest absolute Gasteiger partial charge is 0.303 e. The number of aliphatic carboxylic acids is 1. The summed E-state index contributed by atoms with van der Waals surface area (Å²) in [5, 5.41) is 15.4. The van der Waals surface area contributed by atoms with Crippen LogP contribution in [0.5, 0.6) is 0 Å². The Kier molecular flexibility index (Phi) is 3.82. The molecular weight excluding hydrogens is 248 g/mol. The SMILES string of the molecule is CC(C)c1nc(C(=O)N2CCC(CC(=O)O)C2)n[nH]1. The first-order valence-corrected chi connectivity index (χ1v) is 6.40. The van der Waals surface area contributed by atoms with Crippen LogP contribution in [0.3, 0.4) is 0 Å². The number of carboxylic acid groups (broad SMARTS) is 1. The fourth-order valence-electron chi connectivity index (χ4n) is 2.20. The van der Waals surface area contributed by atoms with Crippen LogP contribution in [0.1, 0.15) is 49.1 Å². The predicted octanol–water partition coefficient (Wildman–Crippen LogP) is 0.865. The summed E-state index contributed by atoms with van der Waals surface area (Å²) >= 11 is 0. The largest absolute Gasteiger partial charge is 0.481 e. The molecule has 19 heavy (non-hydrogen) atoms. The van der Waals surface area contributed by atoms with Crippen molar-refractivity contribution < 1.29 is 14.7 Å². The highest BCUT2D eigenvalue weighted by Crippen LogP contribution is 2.21. The second-order valence-corrected chi connectivity index (χ2v) is 5.20. The van der Waals surface area contributed by atoms with E-state index in [0.717, 1.165) is 6.42 Å². The predicted molar refractivity (Wildman–Crippen MR) is 66.7 cm³/mol. The quantitative estimate of drug-likeness (QED) is 0.842. The lowest BCUT2D eigenvalue weighted by atomic mass is 10.1. The van der Waals surface area contributed by atoms with E-state index in [9.17, 15) is 9.59 Å². The van der Waals surface area contributed by atoms with Crippen molar-refractivity contribution >= 4 is 11.9 Å². The average Bonchev–Trinajstić information content (AvgIpc) is 2.95. The van der Waals surface area contributed by atoms with Crippen molar-refractivity contribution in [3.05, 3.63) is 11.6 Å². The van der Waals surface area contributed by atoms with Gasteiger partial charge in [0.25, 0.3) is 5.91 Å². The number of carbonyl (C=O) groups is 2. The lowest BCUT2D eigenvalue weighted by Gasteiger charge is -2.13. The molecule has 7 heteroatoms. The van der Waals surface area contributed by atoms with Crippen LogP contribution in [0.4, 0.5) is 0 Å². The number of hydrogen-bond acceptors (Lipinski definition) is 4. The number of nitrogens with zero attached hydrogens (tertiary/aromatic N) is 3. The molecule has 1 aliphatic rings. The third kappa shape index (κ3) is 3.10. The van der Waals surface area contributed by atoms with Gasteiger partial charge in [0.1, 0.15) is 5.82 Å². The van der Waals surface area contributed by atoms with Crippen LogP contribution in [0.25, 0.3) is 0 Å². The summed E-state index contributed by atoms with van der Waals surface area (Å²) in [6.07, 6.45) is 0.828. The van der Waals surface area contributed by atoms with E-state index in [4.69, 9.17) is 5.11 Å². The lowest BCUT2D eigenvalue weighted by Crippen LogP contribution is -2.30. The molecule has 104 valence electrons. The van der Waals surface area contributed by atoms with Gasteiger partial charge in [-0.1, -0.05) is 13.8 Å². The molecule has 2 N–H and O–H groups in total. The molecule has 1 aromatic rings. The lowest BCUT2D eigenvalue weighted by molar-refractivity contribution is -0.138. The van der Waals surface area contributed by atoms with E-state index in [1.165, 1.54) is 0 Å². The van der Waals surface area contributed by atoms with Gasteiger partial charge in [-0.3, -0.25) is 14.7 Å². The fourth-order valence-corrected chi connectivity index (χ4v) is 2.20. The Bertz CT molecular complexity index is 483. The number of aromatic nitrogens is 3. The molecule has 0 bridgehead atoms. The highest BCUT2D eigenvalue weighted by molar-refractivity contribution is 5.90. The Balaban J connectivity index is 1.98. The minimum absolute atomic E-state index is 0.0324. The van der Waals surface area contributed by atoms with Crippen molar-refractivity contribution in [2.24, 2.45) is 5.92 Å². The molecule has 1 saturated heterocycles. The molecule has 7 nitrogen and oxygen atoms in total. The van der Waals surface area contributed by atoms with Gasteiger partial charge in [0.2, 0.25) is 5.82 Å². The zero-order chi connectivity index (χ0) is 14.0. The normalized spacial score (nSPS) is 19.1. The molecule has 2 heterocycles. The highest BCUT2D eigenvalue weighted by atomic mass is 16.4. The Hall–Kier alpha value is -1.92. The van der Waals surface area contributed by atoms with Crippen LogP contribution >= 0.6 is 0 Å². The molecule has 1 fully saturated rings. The van der Waals surface area contributed by atoms with E-state index in [1.54, 1.807) is 4.90 Å². The fraction of sp³-hybridized carbons (Fsp3) is 0.667. The molecule has 0 spiro atoms. The number of aromatic amines is 1. The summed E-state index contributed by atoms with van der Waals surface area (Å²) in [7, 11) is 0. The number of H-pyrrole nitrogens is 1. The second kappa shape index (κ2) is 5.38. The van der Waals surface area contributed by atoms with Crippen LogP contribution in [0, 0.1) is 5.92 Å². The van der Waals surface area contributed by atoms with Crippen molar-refractivity contribution in [3.63, 3.8) is 0 Å². The van der Waals surface area contributed by atoms with Gasteiger partial charge in [0, 0.05) is 25.4 Å². The third-order valence-corrected chi connectivity index (χ3v) is 3.28. The van der Waals surface area contributed by atoms with Gasteiger partial charge in [0.15, 0.2) is 0 Å². The summed E-state index contributed by atoms with van der Waals surface area (Å²) < 4.78 is 0. The molecule has 1 unspecified atom stereocenters. The van der Waals surface area contributed by atoms with Crippen LogP contribution in [-0.2, 0) is 4.79 Å². The van der Waals surface area contributed by atoms with Crippen LogP contribution in [0.15, 0.2) is 0 Å². The number of carbonyl (C=O) groups excluding carboxylic acids is 1. The van der Waals surface area contributed by atoms with E-state index in [1.807, 2.05) is 13.8 Å². The number of rotatable bonds is 4. The van der Waals surface area contributed by atoms with Crippen molar-refractivity contribution in [1.82, 2.24) is 20.1 Å². The van der Waals surface area contributed by atoms with Crippen LogP contribution in [-0.4, -0.2) is 50.2 Å². The minimum Gasteiger partial charge on any atom is -0.481 e. The summed E-state index contributed by atoms with van der Waals surface area (Å²) in [4.78, 5) is 28.6. The monoisotopic (exact) mass is 266 g/mol. The van der Waals surface area contributed by atoms with E-state index in [2.05, 4.69) is 15.2 Å². The van der Waals surface area contributed by atoms with Crippen LogP contribution in [0.2, 0.25) is 0 Å². The number of carboxylic acids is 1. The molecule has 1 aromatic heterocycles. The van der Waals surface area contributed by atoms with Gasteiger partial charge in [-0.25, -0.2) is 4.98 Å². The number of hydrogen-bond donors (Lipinski definition) is 2. The number of amides is 1. The molecule has 1 amide bonds. The maximum absolute atomic E-state index is 12.1. The highest BCUT2D eigenvalue weighted by Gasteiger charge is 2.30. The average molecular weight is 266 g/mol. The van der Waals surface area contributed by atoms with Gasteiger partial charge in [-0.15, -0.1) is 5.10 Å². The molecule has 2 rings (SSSR count). The van der Waals surface area contributed by atoms with E-state index in [0.29, 0.717) is 18.9 Å². The maximum atomic E-state index is 12.1. The van der Waals surface area contributed by atoms with Gasteiger partial charge in [0.05, 0.1) is 0 Å². The van der Waals surface area contributed by atoms with Crippen molar-refractivity contribution in [2.45, 2.75) is 32.6 Å². The first-order valence-electron chi connectivity index (χ1n) is 6.40. The summed E-state index contributed by atoms with van der Waals surface area (Å²) in [6.45, 7) is 4.97. The number of nitrogens with one attached hydrogen (secondary N) is 1. The Morgan fingerprint density at radius 1 is 1.53 bits per heavy atom. The zero-order valence-corrected chi connectivity index (χ0v) is 11.1. The second-order valence-electron chi connectivity index (χ2n) is 5.20. The van der Waals surface area contributed by atoms with Gasteiger partial charge >= 0.3 is 5.97 Å². The zero-order valence-electron chi connectivity index (χ0n) is 11.1. The van der Waals surface area contributed by atoms with E-state index in [-0.39, 0.29) is 30.0 Å². The molecular formula is C12H18N4O3. The molecule has 1 atom stereocenters. The Labute approximate surface area is 111 Å². The van der Waals surface area contributed by atoms with Gasteiger partial charge in [-0.05, 0) is 12.3 Å². The molecule has 0 aliphatic carbocycles. The molecule has 0 saturated carbocycles. The summed E-state index contributed by atoms with van der Waals surface area (Å²) in [5.74, 6) is 0.0250. The number of likely N-dealkylation sites (tertiary alicyclic amines) is 1. The molecule has 1 aliphatic heterocycles. The Morgan fingerprint density at radius 2 is 2.26 bits per heavy atom. The summed E-state index contributed by atoms with van der Waals surface area (Å²) in [6, 6.07) is 0. The summed E-state index contributed by atoms with van der Waals surface area (Å²) in [5.41, 5.74) is 0. The Morgan fingerprint density at radius 3 is 2.84 bits per heavy atom. The van der Waals surface area contributed by atoms with E-state index >= 15 is 0 Å². The molecule has 0 aromatic carbocycles. The first kappa shape index (κ1) is 13.5. The van der Waals surface area contributed by atoms with Crippen molar-refractivity contribution in [3.8, 4) is 0 Å². The molecule has 0 radical (unpaired) electrons. The third-order valence-electron chi connectivity index (χ3n) is 3.28. The topological polar surface area (TPSA) is 99.2 Å². The minimum atomic E-state index is -0.820. The maximum Gasteiger partial charge on any atom is 0.303 e. The van der Waals surface area contributed by atoms with Gasteiger partial charge < -0.3 is 10.0 Å². The van der Waals surface area contributed by atoms with E-state index < -0.39 is 5.97 Å². The van der Waals surface area contributed by atoms with Gasteiger partial charge in [-0.2, -0.15) is 0 Å².